The number of esters is 1. The summed E-state index contributed by atoms with van der Waals surface area (Å²) in [5.41, 5.74) is 1.70. The molecule has 7 nitrogen and oxygen atoms in total. The molecule has 0 bridgehead atoms. The van der Waals surface area contributed by atoms with Crippen LogP contribution in [0.4, 0.5) is 11.4 Å². The van der Waals surface area contributed by atoms with Gasteiger partial charge < -0.3 is 10.1 Å². The van der Waals surface area contributed by atoms with E-state index in [4.69, 9.17) is 16.3 Å². The van der Waals surface area contributed by atoms with Crippen molar-refractivity contribution in [1.82, 2.24) is 0 Å². The van der Waals surface area contributed by atoms with Gasteiger partial charge in [0.15, 0.2) is 0 Å². The number of carbonyl (C=O) groups is 2. The van der Waals surface area contributed by atoms with Crippen LogP contribution in [0.2, 0.25) is 5.02 Å². The molecule has 0 saturated carbocycles. The summed E-state index contributed by atoms with van der Waals surface area (Å²) in [5.74, 6) is -1.07. The van der Waals surface area contributed by atoms with Crippen LogP contribution < -0.4 is 9.62 Å². The number of rotatable bonds is 7. The lowest BCUT2D eigenvalue weighted by molar-refractivity contribution is -0.116. The van der Waals surface area contributed by atoms with Crippen molar-refractivity contribution in [3.05, 3.63) is 58.6 Å². The highest BCUT2D eigenvalue weighted by molar-refractivity contribution is 7.92. The molecule has 0 spiro atoms. The Bertz CT molecular complexity index is 1020. The molecule has 1 atom stereocenters. The van der Waals surface area contributed by atoms with Crippen LogP contribution in [0.3, 0.4) is 0 Å². The van der Waals surface area contributed by atoms with E-state index in [1.54, 1.807) is 44.2 Å². The van der Waals surface area contributed by atoms with Crippen molar-refractivity contribution in [3.8, 4) is 0 Å². The van der Waals surface area contributed by atoms with E-state index in [1.165, 1.54) is 19.1 Å². The van der Waals surface area contributed by atoms with Crippen LogP contribution in [0.5, 0.6) is 0 Å². The van der Waals surface area contributed by atoms with Crippen LogP contribution in [0, 0.1) is 6.92 Å². The molecule has 0 aliphatic heterocycles. The van der Waals surface area contributed by atoms with E-state index in [2.05, 4.69) is 5.32 Å². The van der Waals surface area contributed by atoms with Crippen LogP contribution in [0.25, 0.3) is 0 Å². The predicted molar refractivity (Wildman–Crippen MR) is 114 cm³/mol. The highest BCUT2D eigenvalue weighted by atomic mass is 35.5. The Kier molecular flexibility index (Phi) is 7.26. The molecule has 0 heterocycles. The topological polar surface area (TPSA) is 92.8 Å². The monoisotopic (exact) mass is 438 g/mol. The van der Waals surface area contributed by atoms with Crippen molar-refractivity contribution >= 4 is 44.9 Å². The summed E-state index contributed by atoms with van der Waals surface area (Å²) in [6.45, 7) is 5.19. The summed E-state index contributed by atoms with van der Waals surface area (Å²) in [4.78, 5) is 24.6. The minimum Gasteiger partial charge on any atom is -0.462 e. The fraction of sp³-hybridized carbons (Fsp3) is 0.300. The predicted octanol–water partition coefficient (Wildman–Crippen LogP) is 3.62. The molecule has 2 aromatic carbocycles. The molecule has 0 radical (unpaired) electrons. The number of aryl methyl sites for hydroxylation is 1. The van der Waals surface area contributed by atoms with Crippen LogP contribution in [0.15, 0.2) is 42.5 Å². The van der Waals surface area contributed by atoms with Crippen molar-refractivity contribution in [2.75, 3.05) is 22.5 Å². The van der Waals surface area contributed by atoms with Crippen molar-refractivity contribution in [3.63, 3.8) is 0 Å². The maximum Gasteiger partial charge on any atom is 0.338 e. The standard InChI is InChI=1S/C20H23ClN2O5S/c1-5-28-20(25)15-7-6-8-16(11-15)22-19(24)14(3)23(29(4,26)27)17-10-9-13(2)18(21)12-17/h6-12,14H,5H2,1-4H3,(H,22,24)/t14-/m1/s1. The molecule has 29 heavy (non-hydrogen) atoms. The minimum absolute atomic E-state index is 0.231. The van der Waals surface area contributed by atoms with Gasteiger partial charge in [0, 0.05) is 10.7 Å². The van der Waals surface area contributed by atoms with E-state index >= 15 is 0 Å². The first-order valence-electron chi connectivity index (χ1n) is 8.88. The number of hydrogen-bond acceptors (Lipinski definition) is 5. The normalized spacial score (nSPS) is 12.2. The Balaban J connectivity index is 2.29. The van der Waals surface area contributed by atoms with Crippen molar-refractivity contribution < 1.29 is 22.7 Å². The van der Waals surface area contributed by atoms with Crippen molar-refractivity contribution in [2.45, 2.75) is 26.8 Å². The molecule has 0 aliphatic rings. The molecule has 2 aromatic rings. The van der Waals surface area contributed by atoms with Gasteiger partial charge in [0.25, 0.3) is 0 Å². The quantitative estimate of drug-likeness (QED) is 0.666. The van der Waals surface area contributed by atoms with Crippen molar-refractivity contribution in [2.24, 2.45) is 0 Å². The Labute approximate surface area is 175 Å². The van der Waals surface area contributed by atoms with Gasteiger partial charge in [-0.05, 0) is 56.7 Å². The maximum absolute atomic E-state index is 12.8. The van der Waals surface area contributed by atoms with E-state index in [0.29, 0.717) is 10.7 Å². The average Bonchev–Trinajstić information content (AvgIpc) is 2.64. The number of benzene rings is 2. The smallest absolute Gasteiger partial charge is 0.338 e. The van der Waals surface area contributed by atoms with Gasteiger partial charge in [-0.1, -0.05) is 23.7 Å². The second-order valence-electron chi connectivity index (χ2n) is 6.46. The highest BCUT2D eigenvalue weighted by Crippen LogP contribution is 2.27. The van der Waals surface area contributed by atoms with Crippen LogP contribution in [0.1, 0.15) is 29.8 Å². The van der Waals surface area contributed by atoms with Gasteiger partial charge in [-0.15, -0.1) is 0 Å². The third-order valence-electron chi connectivity index (χ3n) is 4.14. The summed E-state index contributed by atoms with van der Waals surface area (Å²) in [6, 6.07) is 9.95. The zero-order chi connectivity index (χ0) is 21.8. The second kappa shape index (κ2) is 9.28. The van der Waals surface area contributed by atoms with Gasteiger partial charge in [-0.3, -0.25) is 9.10 Å². The summed E-state index contributed by atoms with van der Waals surface area (Å²) in [5, 5.41) is 3.04. The summed E-state index contributed by atoms with van der Waals surface area (Å²) < 4.78 is 30.7. The third-order valence-corrected chi connectivity index (χ3v) is 5.79. The van der Waals surface area contributed by atoms with Crippen LogP contribution in [-0.2, 0) is 19.6 Å². The molecule has 0 aliphatic carbocycles. The average molecular weight is 439 g/mol. The first-order valence-corrected chi connectivity index (χ1v) is 11.1. The Morgan fingerprint density at radius 1 is 1.21 bits per heavy atom. The lowest BCUT2D eigenvalue weighted by atomic mass is 10.2. The first kappa shape index (κ1) is 22.7. The van der Waals surface area contributed by atoms with Gasteiger partial charge in [-0.25, -0.2) is 13.2 Å². The number of carbonyl (C=O) groups excluding carboxylic acids is 2. The molecule has 1 N–H and O–H groups in total. The van der Waals surface area contributed by atoms with E-state index < -0.39 is 27.9 Å². The third kappa shape index (κ3) is 5.71. The molecule has 0 fully saturated rings. The number of ether oxygens (including phenoxy) is 1. The zero-order valence-electron chi connectivity index (χ0n) is 16.6. The highest BCUT2D eigenvalue weighted by Gasteiger charge is 2.29. The number of nitrogens with zero attached hydrogens (tertiary/aromatic N) is 1. The molecule has 9 heteroatoms. The number of amides is 1. The number of nitrogens with one attached hydrogen (secondary N) is 1. The molecule has 156 valence electrons. The first-order chi connectivity index (χ1) is 13.5. The number of hydrogen-bond donors (Lipinski definition) is 1. The van der Waals surface area contributed by atoms with E-state index in [-0.39, 0.29) is 17.9 Å². The fourth-order valence-corrected chi connectivity index (χ4v) is 4.05. The summed E-state index contributed by atoms with van der Waals surface area (Å²) >= 11 is 6.13. The maximum atomic E-state index is 12.8. The lowest BCUT2D eigenvalue weighted by Gasteiger charge is -2.28. The lowest BCUT2D eigenvalue weighted by Crippen LogP contribution is -2.45. The van der Waals surface area contributed by atoms with Gasteiger partial charge in [0.1, 0.15) is 6.04 Å². The second-order valence-corrected chi connectivity index (χ2v) is 8.73. The SMILES string of the molecule is CCOC(=O)c1cccc(NC(=O)[C@@H](C)N(c2ccc(C)c(Cl)c2)S(C)(=O)=O)c1. The van der Waals surface area contributed by atoms with Crippen molar-refractivity contribution in [1.29, 1.82) is 0 Å². The van der Waals surface area contributed by atoms with Crippen LogP contribution >= 0.6 is 11.6 Å². The molecule has 0 aromatic heterocycles. The van der Waals surface area contributed by atoms with E-state index in [1.807, 2.05) is 0 Å². The Hall–Kier alpha value is -2.58. The summed E-state index contributed by atoms with van der Waals surface area (Å²) in [6.07, 6.45) is 1.02. The van der Waals surface area contributed by atoms with E-state index in [0.717, 1.165) is 16.1 Å². The number of sulfonamides is 1. The largest absolute Gasteiger partial charge is 0.462 e. The van der Waals surface area contributed by atoms with Crippen LogP contribution in [-0.4, -0.2) is 39.2 Å². The molecule has 0 unspecified atom stereocenters. The Morgan fingerprint density at radius 3 is 2.48 bits per heavy atom. The van der Waals surface area contributed by atoms with E-state index in [9.17, 15) is 18.0 Å². The molecular weight excluding hydrogens is 416 g/mol. The fourth-order valence-electron chi connectivity index (χ4n) is 2.71. The van der Waals surface area contributed by atoms with Gasteiger partial charge >= 0.3 is 5.97 Å². The van der Waals surface area contributed by atoms with Gasteiger partial charge in [-0.2, -0.15) is 0 Å². The number of halogens is 1. The Morgan fingerprint density at radius 2 is 1.90 bits per heavy atom. The molecule has 0 saturated heterocycles. The molecule has 2 rings (SSSR count). The molecule has 1 amide bonds. The number of anilines is 2. The minimum atomic E-state index is -3.77. The molecular formula is C20H23ClN2O5S. The summed E-state index contributed by atoms with van der Waals surface area (Å²) in [7, 11) is -3.77. The zero-order valence-corrected chi connectivity index (χ0v) is 18.2. The van der Waals surface area contributed by atoms with Gasteiger partial charge in [0.2, 0.25) is 15.9 Å². The van der Waals surface area contributed by atoms with Gasteiger partial charge in [0.05, 0.1) is 24.1 Å².